The van der Waals surface area contributed by atoms with E-state index in [1.807, 2.05) is 11.8 Å². The molecule has 5 fully saturated rings. The second-order valence-corrected chi connectivity index (χ2v) is 15.2. The van der Waals surface area contributed by atoms with Gasteiger partial charge in [0.15, 0.2) is 0 Å². The average molecular weight is 641 g/mol. The predicted molar refractivity (Wildman–Crippen MR) is 169 cm³/mol. The van der Waals surface area contributed by atoms with Gasteiger partial charge in [-0.15, -0.1) is 0 Å². The molecular formula is C34H52N6O6. The van der Waals surface area contributed by atoms with Crippen LogP contribution in [0.5, 0.6) is 0 Å². The Hall–Kier alpha value is -2.99. The number of aromatic nitrogens is 2. The van der Waals surface area contributed by atoms with Gasteiger partial charge in [-0.25, -0.2) is 4.68 Å². The summed E-state index contributed by atoms with van der Waals surface area (Å²) in [6.45, 7) is 8.65. The van der Waals surface area contributed by atoms with Crippen molar-refractivity contribution in [2.45, 2.75) is 96.9 Å². The summed E-state index contributed by atoms with van der Waals surface area (Å²) >= 11 is 0. The van der Waals surface area contributed by atoms with E-state index in [4.69, 9.17) is 9.47 Å². The van der Waals surface area contributed by atoms with Gasteiger partial charge in [0.2, 0.25) is 17.7 Å². The van der Waals surface area contributed by atoms with Crippen LogP contribution in [-0.4, -0.2) is 102 Å². The lowest BCUT2D eigenvalue weighted by atomic mass is 9.70. The fourth-order valence-electron chi connectivity index (χ4n) is 8.05. The topological polar surface area (TPSA) is 135 Å². The van der Waals surface area contributed by atoms with E-state index < -0.39 is 23.5 Å². The van der Waals surface area contributed by atoms with Crippen LogP contribution in [0.2, 0.25) is 0 Å². The molecule has 12 nitrogen and oxygen atoms in total. The maximum absolute atomic E-state index is 14.1. The Morgan fingerprint density at radius 3 is 2.37 bits per heavy atom. The van der Waals surface area contributed by atoms with Gasteiger partial charge in [0.25, 0.3) is 5.91 Å². The summed E-state index contributed by atoms with van der Waals surface area (Å²) in [7, 11) is 1.56. The lowest BCUT2D eigenvalue weighted by Gasteiger charge is -2.50. The van der Waals surface area contributed by atoms with Crippen molar-refractivity contribution in [2.75, 3.05) is 46.4 Å². The minimum atomic E-state index is -0.873. The zero-order valence-corrected chi connectivity index (χ0v) is 28.0. The first-order chi connectivity index (χ1) is 22.0. The van der Waals surface area contributed by atoms with Crippen LogP contribution in [0.25, 0.3) is 0 Å². The van der Waals surface area contributed by atoms with Crippen LogP contribution >= 0.6 is 0 Å². The molecule has 1 aromatic rings. The Morgan fingerprint density at radius 1 is 1.02 bits per heavy atom. The van der Waals surface area contributed by atoms with Crippen molar-refractivity contribution >= 4 is 23.6 Å². The van der Waals surface area contributed by atoms with Crippen molar-refractivity contribution in [1.29, 1.82) is 0 Å². The summed E-state index contributed by atoms with van der Waals surface area (Å²) in [4.78, 5) is 57.8. The van der Waals surface area contributed by atoms with E-state index in [-0.39, 0.29) is 47.7 Å². The standard InChI is InChI=1S/C34H52N6O6/c1-22(46-18-23-10-6-5-7-11-23)28(30(42)35-4)37-29(41)26-17-38(19-34(26)20-39(21-34)32(44)25-14-33(25,2)3)31(43)24-15-36-40(16-24)27-12-8-9-13-45-27/h15-16,22-23,25-28H,5-14,17-21H2,1-4H3,(H,35,42)(H,37,41)/t22-,25-,26?,27?,28+/m1/s1. The van der Waals surface area contributed by atoms with Gasteiger partial charge in [0, 0.05) is 64.0 Å². The highest BCUT2D eigenvalue weighted by Crippen LogP contribution is 2.54. The van der Waals surface area contributed by atoms with Gasteiger partial charge < -0.3 is 29.9 Å². The Bertz CT molecular complexity index is 1290. The molecule has 0 bridgehead atoms. The highest BCUT2D eigenvalue weighted by molar-refractivity contribution is 5.95. The summed E-state index contributed by atoms with van der Waals surface area (Å²) in [5.41, 5.74) is -0.133. The Morgan fingerprint density at radius 2 is 1.72 bits per heavy atom. The van der Waals surface area contributed by atoms with Gasteiger partial charge in [-0.2, -0.15) is 5.10 Å². The van der Waals surface area contributed by atoms with E-state index in [9.17, 15) is 19.2 Å². The average Bonchev–Trinajstić information content (AvgIpc) is 3.38. The highest BCUT2D eigenvalue weighted by atomic mass is 16.5. The van der Waals surface area contributed by atoms with E-state index in [2.05, 4.69) is 29.6 Å². The van der Waals surface area contributed by atoms with Crippen molar-refractivity contribution < 1.29 is 28.7 Å². The molecule has 12 heteroatoms. The number of likely N-dealkylation sites (N-methyl/N-ethyl adjacent to an activating group) is 1. The smallest absolute Gasteiger partial charge is 0.257 e. The molecule has 2 aliphatic carbocycles. The molecule has 2 unspecified atom stereocenters. The second-order valence-electron chi connectivity index (χ2n) is 15.2. The van der Waals surface area contributed by atoms with Crippen LogP contribution in [0.15, 0.2) is 12.4 Å². The molecule has 1 aromatic heterocycles. The number of carbonyl (C=O) groups is 4. The maximum atomic E-state index is 14.1. The summed E-state index contributed by atoms with van der Waals surface area (Å²) in [6, 6.07) is -0.873. The van der Waals surface area contributed by atoms with Crippen LogP contribution in [0.3, 0.4) is 0 Å². The number of ether oxygens (including phenoxy) is 2. The van der Waals surface area contributed by atoms with E-state index in [0.29, 0.717) is 44.3 Å². The molecule has 254 valence electrons. The van der Waals surface area contributed by atoms with Crippen molar-refractivity contribution in [3.8, 4) is 0 Å². The lowest BCUT2D eigenvalue weighted by Crippen LogP contribution is -2.65. The highest BCUT2D eigenvalue weighted by Gasteiger charge is 2.62. The minimum Gasteiger partial charge on any atom is -0.376 e. The molecule has 2 N–H and O–H groups in total. The summed E-state index contributed by atoms with van der Waals surface area (Å²) in [5, 5.41) is 10.1. The fourth-order valence-corrected chi connectivity index (χ4v) is 8.05. The Kier molecular flexibility index (Phi) is 9.49. The van der Waals surface area contributed by atoms with Gasteiger partial charge in [0.05, 0.1) is 23.8 Å². The van der Waals surface area contributed by atoms with Gasteiger partial charge in [-0.05, 0) is 56.8 Å². The van der Waals surface area contributed by atoms with E-state index in [1.54, 1.807) is 29.0 Å². The Balaban J connectivity index is 1.16. The molecule has 3 saturated heterocycles. The zero-order chi connectivity index (χ0) is 32.6. The molecule has 1 spiro atoms. The van der Waals surface area contributed by atoms with Crippen LogP contribution in [0.1, 0.15) is 95.1 Å². The first-order valence-corrected chi connectivity index (χ1v) is 17.4. The first kappa shape index (κ1) is 32.9. The third kappa shape index (κ3) is 6.70. The monoisotopic (exact) mass is 640 g/mol. The minimum absolute atomic E-state index is 0.00361. The molecule has 4 heterocycles. The van der Waals surface area contributed by atoms with E-state index >= 15 is 0 Å². The van der Waals surface area contributed by atoms with Crippen molar-refractivity contribution in [3.63, 3.8) is 0 Å². The summed E-state index contributed by atoms with van der Waals surface area (Å²) < 4.78 is 13.7. The number of likely N-dealkylation sites (tertiary alicyclic amines) is 2. The molecule has 4 amide bonds. The third-order valence-electron chi connectivity index (χ3n) is 11.3. The molecular weight excluding hydrogens is 588 g/mol. The van der Waals surface area contributed by atoms with E-state index in [0.717, 1.165) is 38.5 Å². The van der Waals surface area contributed by atoms with Crippen LogP contribution in [0.4, 0.5) is 0 Å². The SMILES string of the molecule is CNC(=O)[C@@H](NC(=O)C1CN(C(=O)c2cnn(C3CCCCO3)c2)CC12CN(C(=O)[C@H]1CC1(C)C)C2)[C@@H](C)OCC1CCCCC1. The normalized spacial score (nSPS) is 28.3. The number of nitrogens with one attached hydrogen (secondary N) is 2. The number of amides is 4. The molecule has 6 rings (SSSR count). The number of nitrogens with zero attached hydrogens (tertiary/aromatic N) is 4. The van der Waals surface area contributed by atoms with Gasteiger partial charge in [-0.1, -0.05) is 33.1 Å². The predicted octanol–water partition coefficient (Wildman–Crippen LogP) is 2.75. The molecule has 2 saturated carbocycles. The molecule has 3 aliphatic heterocycles. The fraction of sp³-hybridized carbons (Fsp3) is 0.794. The second kappa shape index (κ2) is 13.3. The third-order valence-corrected chi connectivity index (χ3v) is 11.3. The van der Waals surface area contributed by atoms with Crippen LogP contribution in [0, 0.1) is 28.6 Å². The van der Waals surface area contributed by atoms with Gasteiger partial charge >= 0.3 is 0 Å². The number of carbonyl (C=O) groups excluding carboxylic acids is 4. The summed E-state index contributed by atoms with van der Waals surface area (Å²) in [5.74, 6) is -0.784. The molecule has 0 aromatic carbocycles. The van der Waals surface area contributed by atoms with Gasteiger partial charge in [-0.3, -0.25) is 19.2 Å². The largest absolute Gasteiger partial charge is 0.376 e. The number of hydrogen-bond acceptors (Lipinski definition) is 7. The number of rotatable bonds is 10. The zero-order valence-electron chi connectivity index (χ0n) is 28.0. The van der Waals surface area contributed by atoms with Crippen molar-refractivity contribution in [2.24, 2.45) is 28.6 Å². The molecule has 0 radical (unpaired) electrons. The van der Waals surface area contributed by atoms with Crippen molar-refractivity contribution in [3.05, 3.63) is 18.0 Å². The van der Waals surface area contributed by atoms with Crippen LogP contribution < -0.4 is 10.6 Å². The maximum Gasteiger partial charge on any atom is 0.257 e. The van der Waals surface area contributed by atoms with Crippen molar-refractivity contribution in [1.82, 2.24) is 30.2 Å². The Labute approximate surface area is 272 Å². The molecule has 46 heavy (non-hydrogen) atoms. The quantitative estimate of drug-likeness (QED) is 0.402. The van der Waals surface area contributed by atoms with Crippen LogP contribution in [-0.2, 0) is 23.9 Å². The summed E-state index contributed by atoms with van der Waals surface area (Å²) in [6.07, 6.45) is 12.3. The molecule has 5 aliphatic rings. The van der Waals surface area contributed by atoms with E-state index in [1.165, 1.54) is 19.3 Å². The lowest BCUT2D eigenvalue weighted by molar-refractivity contribution is -0.152. The van der Waals surface area contributed by atoms with Gasteiger partial charge in [0.1, 0.15) is 12.3 Å². The molecule has 5 atom stereocenters. The number of hydrogen-bond donors (Lipinski definition) is 2. The first-order valence-electron chi connectivity index (χ1n) is 17.4.